The summed E-state index contributed by atoms with van der Waals surface area (Å²) in [7, 11) is 0. The molecule has 3 aromatic rings. The maximum atomic E-state index is 6.11. The van der Waals surface area contributed by atoms with Gasteiger partial charge in [0.1, 0.15) is 18.0 Å². The molecule has 106 valence electrons. The highest BCUT2D eigenvalue weighted by atomic mass is 16.5. The van der Waals surface area contributed by atoms with Gasteiger partial charge in [0.05, 0.1) is 29.6 Å². The Hall–Kier alpha value is -2.47. The van der Waals surface area contributed by atoms with Gasteiger partial charge in [0, 0.05) is 18.5 Å². The van der Waals surface area contributed by atoms with Crippen LogP contribution in [0.5, 0.6) is 0 Å². The number of rotatable bonds is 1. The minimum Gasteiger partial charge on any atom is -0.383 e. The Morgan fingerprint density at radius 1 is 1.10 bits per heavy atom. The van der Waals surface area contributed by atoms with E-state index in [-0.39, 0.29) is 0 Å². The first-order valence-electron chi connectivity index (χ1n) is 6.96. The lowest BCUT2D eigenvalue weighted by atomic mass is 10.1. The van der Waals surface area contributed by atoms with Crippen LogP contribution in [0.3, 0.4) is 0 Å². The fourth-order valence-electron chi connectivity index (χ4n) is 2.77. The number of aromatic nitrogens is 3. The van der Waals surface area contributed by atoms with Gasteiger partial charge in [-0.2, -0.15) is 0 Å². The van der Waals surface area contributed by atoms with Crippen molar-refractivity contribution in [3.63, 3.8) is 0 Å². The van der Waals surface area contributed by atoms with E-state index >= 15 is 0 Å². The van der Waals surface area contributed by atoms with E-state index in [2.05, 4.69) is 14.9 Å². The van der Waals surface area contributed by atoms with Gasteiger partial charge in [-0.15, -0.1) is 0 Å². The number of benzene rings is 1. The smallest absolute Gasteiger partial charge is 0.142 e. The molecule has 0 spiro atoms. The molecule has 2 aromatic heterocycles. The normalized spacial score (nSPS) is 15.7. The van der Waals surface area contributed by atoms with Gasteiger partial charge in [-0.25, -0.2) is 15.0 Å². The van der Waals surface area contributed by atoms with Crippen LogP contribution in [0.15, 0.2) is 30.6 Å². The molecular weight excluding hydrogens is 266 g/mol. The average molecular weight is 281 g/mol. The van der Waals surface area contributed by atoms with Crippen LogP contribution in [0, 0.1) is 0 Å². The largest absolute Gasteiger partial charge is 0.383 e. The first-order chi connectivity index (χ1) is 10.3. The van der Waals surface area contributed by atoms with E-state index in [0.717, 1.165) is 40.7 Å². The number of morpholine rings is 1. The van der Waals surface area contributed by atoms with Gasteiger partial charge in [-0.3, -0.25) is 0 Å². The topological polar surface area (TPSA) is 77.2 Å². The minimum absolute atomic E-state index is 0.472. The van der Waals surface area contributed by atoms with Gasteiger partial charge in [0.15, 0.2) is 0 Å². The number of fused-ring (bicyclic) bond motifs is 3. The molecule has 4 rings (SSSR count). The molecular formula is C15H15N5O. The molecule has 6 heteroatoms. The molecule has 0 atom stereocenters. The Bertz CT molecular complexity index is 814. The monoisotopic (exact) mass is 281 g/mol. The molecule has 1 aliphatic heterocycles. The Labute approximate surface area is 121 Å². The molecule has 0 unspecified atom stereocenters. The molecule has 1 aliphatic rings. The predicted octanol–water partition coefficient (Wildman–Crippen LogP) is 1.60. The summed E-state index contributed by atoms with van der Waals surface area (Å²) in [5.74, 6) is 1.32. The van der Waals surface area contributed by atoms with Crippen molar-refractivity contribution in [1.29, 1.82) is 0 Å². The Kier molecular flexibility index (Phi) is 2.82. The average Bonchev–Trinajstić information content (AvgIpc) is 2.55. The number of anilines is 2. The molecule has 3 heterocycles. The molecule has 21 heavy (non-hydrogen) atoms. The highest BCUT2D eigenvalue weighted by Crippen LogP contribution is 2.32. The predicted molar refractivity (Wildman–Crippen MR) is 82.3 cm³/mol. The van der Waals surface area contributed by atoms with Gasteiger partial charge in [-0.1, -0.05) is 18.2 Å². The third kappa shape index (κ3) is 1.95. The van der Waals surface area contributed by atoms with E-state index < -0.39 is 0 Å². The molecule has 1 saturated heterocycles. The number of ether oxygens (including phenoxy) is 1. The fourth-order valence-corrected chi connectivity index (χ4v) is 2.77. The van der Waals surface area contributed by atoms with Crippen molar-refractivity contribution in [2.24, 2.45) is 0 Å². The van der Waals surface area contributed by atoms with Crippen LogP contribution in [0.1, 0.15) is 0 Å². The van der Waals surface area contributed by atoms with Gasteiger partial charge in [0.25, 0.3) is 0 Å². The summed E-state index contributed by atoms with van der Waals surface area (Å²) in [6, 6.07) is 7.97. The van der Waals surface area contributed by atoms with Crippen LogP contribution in [-0.4, -0.2) is 41.3 Å². The summed E-state index contributed by atoms with van der Waals surface area (Å²) in [4.78, 5) is 15.6. The molecule has 0 radical (unpaired) electrons. The summed E-state index contributed by atoms with van der Waals surface area (Å²) in [6.07, 6.45) is 1.51. The van der Waals surface area contributed by atoms with Crippen LogP contribution in [0.25, 0.3) is 21.8 Å². The number of nitrogens with zero attached hydrogens (tertiary/aromatic N) is 4. The van der Waals surface area contributed by atoms with Crippen LogP contribution in [0.4, 0.5) is 11.6 Å². The lowest BCUT2D eigenvalue weighted by Crippen LogP contribution is -2.37. The lowest BCUT2D eigenvalue weighted by Gasteiger charge is -2.29. The lowest BCUT2D eigenvalue weighted by molar-refractivity contribution is 0.122. The fraction of sp³-hybridized carbons (Fsp3) is 0.267. The first kappa shape index (κ1) is 12.3. The summed E-state index contributed by atoms with van der Waals surface area (Å²) < 4.78 is 5.42. The number of hydrogen-bond acceptors (Lipinski definition) is 6. The van der Waals surface area contributed by atoms with Crippen molar-refractivity contribution >= 4 is 33.4 Å². The minimum atomic E-state index is 0.472. The molecule has 0 bridgehead atoms. The first-order valence-corrected chi connectivity index (χ1v) is 6.96. The molecule has 0 aliphatic carbocycles. The third-order valence-corrected chi connectivity index (χ3v) is 3.80. The summed E-state index contributed by atoms with van der Waals surface area (Å²) in [5.41, 5.74) is 7.88. The molecule has 1 aromatic carbocycles. The zero-order valence-corrected chi connectivity index (χ0v) is 11.5. The third-order valence-electron chi connectivity index (χ3n) is 3.80. The molecule has 6 nitrogen and oxygen atoms in total. The number of hydrogen-bond donors (Lipinski definition) is 1. The van der Waals surface area contributed by atoms with Crippen LogP contribution in [0.2, 0.25) is 0 Å². The SMILES string of the molecule is Nc1ncnc2c1c(N1CCOCC1)nc1ccccc12. The van der Waals surface area contributed by atoms with E-state index in [1.165, 1.54) is 6.33 Å². The number of pyridine rings is 1. The summed E-state index contributed by atoms with van der Waals surface area (Å²) in [6.45, 7) is 3.00. The van der Waals surface area contributed by atoms with Crippen molar-refractivity contribution in [2.75, 3.05) is 36.9 Å². The maximum absolute atomic E-state index is 6.11. The maximum Gasteiger partial charge on any atom is 0.142 e. The number of para-hydroxylation sites is 1. The molecule has 2 N–H and O–H groups in total. The molecule has 0 amide bonds. The second kappa shape index (κ2) is 4.82. The van der Waals surface area contributed by atoms with Crippen LogP contribution >= 0.6 is 0 Å². The van der Waals surface area contributed by atoms with Crippen molar-refractivity contribution in [1.82, 2.24) is 15.0 Å². The highest BCUT2D eigenvalue weighted by Gasteiger charge is 2.19. The number of nitrogens with two attached hydrogens (primary N) is 1. The van der Waals surface area contributed by atoms with E-state index in [9.17, 15) is 0 Å². The van der Waals surface area contributed by atoms with Crippen molar-refractivity contribution < 1.29 is 4.74 Å². The van der Waals surface area contributed by atoms with E-state index in [1.807, 2.05) is 24.3 Å². The highest BCUT2D eigenvalue weighted by molar-refractivity contribution is 6.11. The van der Waals surface area contributed by atoms with Crippen LogP contribution in [-0.2, 0) is 4.74 Å². The molecule has 0 saturated carbocycles. The summed E-state index contributed by atoms with van der Waals surface area (Å²) in [5, 5.41) is 1.83. The Morgan fingerprint density at radius 2 is 1.90 bits per heavy atom. The molecule has 1 fully saturated rings. The van der Waals surface area contributed by atoms with Crippen molar-refractivity contribution in [3.8, 4) is 0 Å². The Balaban J connectivity index is 2.06. The van der Waals surface area contributed by atoms with Gasteiger partial charge < -0.3 is 15.4 Å². The quantitative estimate of drug-likeness (QED) is 0.683. The van der Waals surface area contributed by atoms with Crippen molar-refractivity contribution in [2.45, 2.75) is 0 Å². The van der Waals surface area contributed by atoms with E-state index in [0.29, 0.717) is 19.0 Å². The standard InChI is InChI=1S/C15H15N5O/c16-14-12-13(17-9-18-14)10-3-1-2-4-11(10)19-15(12)20-5-7-21-8-6-20/h1-4,9H,5-8H2,(H2,16,17,18). The number of nitrogen functional groups attached to an aromatic ring is 1. The van der Waals surface area contributed by atoms with Crippen molar-refractivity contribution in [3.05, 3.63) is 30.6 Å². The van der Waals surface area contributed by atoms with Gasteiger partial charge >= 0.3 is 0 Å². The second-order valence-electron chi connectivity index (χ2n) is 5.03. The second-order valence-corrected chi connectivity index (χ2v) is 5.03. The summed E-state index contributed by atoms with van der Waals surface area (Å²) >= 11 is 0. The zero-order valence-electron chi connectivity index (χ0n) is 11.5. The zero-order chi connectivity index (χ0) is 14.2. The van der Waals surface area contributed by atoms with Crippen LogP contribution < -0.4 is 10.6 Å². The van der Waals surface area contributed by atoms with Gasteiger partial charge in [-0.05, 0) is 6.07 Å². The Morgan fingerprint density at radius 3 is 2.76 bits per heavy atom. The van der Waals surface area contributed by atoms with E-state index in [4.69, 9.17) is 15.5 Å². The van der Waals surface area contributed by atoms with E-state index in [1.54, 1.807) is 0 Å². The van der Waals surface area contributed by atoms with Gasteiger partial charge in [0.2, 0.25) is 0 Å².